The highest BCUT2D eigenvalue weighted by Gasteiger charge is 2.19. The Labute approximate surface area is 217 Å². The number of para-hydroxylation sites is 1. The van der Waals surface area contributed by atoms with Crippen LogP contribution in [0.2, 0.25) is 0 Å². The van der Waals surface area contributed by atoms with Crippen LogP contribution in [0, 0.1) is 11.3 Å². The van der Waals surface area contributed by atoms with Gasteiger partial charge in [0.1, 0.15) is 11.8 Å². The number of carbonyl (C=O) groups is 2. The number of carboxylic acid groups (broad SMARTS) is 1. The van der Waals surface area contributed by atoms with Crippen LogP contribution in [0.1, 0.15) is 38.8 Å². The van der Waals surface area contributed by atoms with Crippen LogP contribution in [0.5, 0.6) is 5.75 Å². The molecule has 4 rings (SSSR count). The minimum Gasteiger partial charge on any atom is -0.497 e. The lowest BCUT2D eigenvalue weighted by Crippen LogP contribution is -2.18. The second-order valence-corrected chi connectivity index (χ2v) is 7.91. The van der Waals surface area contributed by atoms with Crippen LogP contribution in [0.15, 0.2) is 76.5 Å². The molecule has 0 unspecified atom stereocenters. The SMILES string of the molecule is CCOC(=O)c1ccc(-c2[nH]n(-c3ccccc3C#N)c(=O)c2C=Nc2cc(OC)ccc2C(=O)O)cc1. The fourth-order valence-corrected chi connectivity index (χ4v) is 3.77. The van der Waals surface area contributed by atoms with E-state index in [1.807, 2.05) is 0 Å². The fourth-order valence-electron chi connectivity index (χ4n) is 3.77. The molecule has 3 aromatic carbocycles. The lowest BCUT2D eigenvalue weighted by Gasteiger charge is -2.05. The summed E-state index contributed by atoms with van der Waals surface area (Å²) in [7, 11) is 1.44. The van der Waals surface area contributed by atoms with Gasteiger partial charge in [-0.15, -0.1) is 0 Å². The molecule has 0 bridgehead atoms. The minimum absolute atomic E-state index is 0.0759. The van der Waals surface area contributed by atoms with Gasteiger partial charge >= 0.3 is 11.9 Å². The average molecular weight is 511 g/mol. The first-order chi connectivity index (χ1) is 18.4. The van der Waals surface area contributed by atoms with E-state index >= 15 is 0 Å². The molecule has 1 aromatic heterocycles. The summed E-state index contributed by atoms with van der Waals surface area (Å²) in [5.41, 5.74) is 1.45. The number of esters is 1. The maximum absolute atomic E-state index is 13.6. The Kier molecular flexibility index (Phi) is 7.49. The van der Waals surface area contributed by atoms with Crippen molar-refractivity contribution in [2.75, 3.05) is 13.7 Å². The number of methoxy groups -OCH3 is 1. The molecular weight excluding hydrogens is 488 g/mol. The van der Waals surface area contributed by atoms with Gasteiger partial charge in [-0.05, 0) is 43.3 Å². The first-order valence-corrected chi connectivity index (χ1v) is 11.4. The lowest BCUT2D eigenvalue weighted by atomic mass is 10.1. The molecule has 4 aromatic rings. The number of aromatic carboxylic acids is 1. The largest absolute Gasteiger partial charge is 0.497 e. The van der Waals surface area contributed by atoms with Crippen LogP contribution < -0.4 is 10.3 Å². The van der Waals surface area contributed by atoms with Gasteiger partial charge < -0.3 is 14.6 Å². The number of carbonyl (C=O) groups excluding carboxylic acids is 1. The van der Waals surface area contributed by atoms with E-state index in [9.17, 15) is 24.8 Å². The van der Waals surface area contributed by atoms with Gasteiger partial charge in [-0.3, -0.25) is 14.9 Å². The van der Waals surface area contributed by atoms with Gasteiger partial charge in [0.15, 0.2) is 0 Å². The number of hydrogen-bond donors (Lipinski definition) is 2. The molecule has 0 amide bonds. The molecule has 0 aliphatic rings. The highest BCUT2D eigenvalue weighted by atomic mass is 16.5. The zero-order valence-corrected chi connectivity index (χ0v) is 20.5. The zero-order chi connectivity index (χ0) is 27.2. The van der Waals surface area contributed by atoms with Gasteiger partial charge in [0.05, 0.1) is 53.0 Å². The number of aromatic amines is 1. The second-order valence-electron chi connectivity index (χ2n) is 7.91. The number of ether oxygens (including phenoxy) is 2. The van der Waals surface area contributed by atoms with Crippen LogP contribution in [-0.2, 0) is 4.74 Å². The standard InChI is InChI=1S/C28H22N4O6/c1-3-38-28(36)18-10-8-17(9-11-18)25-22(16-30-23-14-20(37-2)12-13-21(23)27(34)35)26(33)32(31-25)24-7-5-4-6-19(24)15-29/h4-14,16,31H,3H2,1-2H3,(H,34,35). The Morgan fingerprint density at radius 1 is 1.13 bits per heavy atom. The summed E-state index contributed by atoms with van der Waals surface area (Å²) >= 11 is 0. The molecule has 0 spiro atoms. The van der Waals surface area contributed by atoms with Crippen LogP contribution in [0.4, 0.5) is 5.69 Å². The molecule has 10 heteroatoms. The Hall–Kier alpha value is -5.43. The van der Waals surface area contributed by atoms with Crippen molar-refractivity contribution in [2.24, 2.45) is 4.99 Å². The number of nitriles is 1. The zero-order valence-electron chi connectivity index (χ0n) is 20.5. The van der Waals surface area contributed by atoms with Crippen molar-refractivity contribution in [3.8, 4) is 28.8 Å². The summed E-state index contributed by atoms with van der Waals surface area (Å²) in [6.07, 6.45) is 1.26. The smallest absolute Gasteiger partial charge is 0.338 e. The summed E-state index contributed by atoms with van der Waals surface area (Å²) in [5.74, 6) is -1.27. The number of rotatable bonds is 8. The third-order valence-corrected chi connectivity index (χ3v) is 5.64. The molecule has 0 atom stereocenters. The van der Waals surface area contributed by atoms with Crippen molar-refractivity contribution in [3.05, 3.63) is 99.3 Å². The monoisotopic (exact) mass is 510 g/mol. The predicted molar refractivity (Wildman–Crippen MR) is 140 cm³/mol. The fraction of sp³-hybridized carbons (Fsp3) is 0.107. The van der Waals surface area contributed by atoms with Crippen LogP contribution >= 0.6 is 0 Å². The second kappa shape index (κ2) is 11.1. The lowest BCUT2D eigenvalue weighted by molar-refractivity contribution is 0.0526. The molecule has 10 nitrogen and oxygen atoms in total. The van der Waals surface area contributed by atoms with Gasteiger partial charge in [-0.1, -0.05) is 24.3 Å². The highest BCUT2D eigenvalue weighted by Crippen LogP contribution is 2.27. The number of H-pyrrole nitrogens is 1. The highest BCUT2D eigenvalue weighted by molar-refractivity contribution is 5.97. The average Bonchev–Trinajstić information content (AvgIpc) is 3.27. The molecule has 190 valence electrons. The van der Waals surface area contributed by atoms with Crippen molar-refractivity contribution in [3.63, 3.8) is 0 Å². The summed E-state index contributed by atoms with van der Waals surface area (Å²) in [5, 5.41) is 22.2. The number of aromatic nitrogens is 2. The normalized spacial score (nSPS) is 10.8. The summed E-state index contributed by atoms with van der Waals surface area (Å²) in [6.45, 7) is 1.95. The van der Waals surface area contributed by atoms with E-state index in [0.717, 1.165) is 0 Å². The number of nitrogens with zero attached hydrogens (tertiary/aromatic N) is 3. The Morgan fingerprint density at radius 2 is 1.87 bits per heavy atom. The van der Waals surface area contributed by atoms with Crippen molar-refractivity contribution in [2.45, 2.75) is 6.92 Å². The van der Waals surface area contributed by atoms with Crippen LogP contribution in [-0.4, -0.2) is 46.8 Å². The Morgan fingerprint density at radius 3 is 2.53 bits per heavy atom. The maximum Gasteiger partial charge on any atom is 0.338 e. The molecule has 1 heterocycles. The topological polar surface area (TPSA) is 147 Å². The van der Waals surface area contributed by atoms with Crippen molar-refractivity contribution < 1.29 is 24.2 Å². The van der Waals surface area contributed by atoms with Gasteiger partial charge in [0, 0.05) is 17.8 Å². The van der Waals surface area contributed by atoms with Crippen molar-refractivity contribution in [1.29, 1.82) is 5.26 Å². The predicted octanol–water partition coefficient (Wildman–Crippen LogP) is 4.34. The molecule has 2 N–H and O–H groups in total. The third-order valence-electron chi connectivity index (χ3n) is 5.64. The van der Waals surface area contributed by atoms with E-state index in [4.69, 9.17) is 9.47 Å². The number of nitrogens with one attached hydrogen (secondary N) is 1. The number of hydrogen-bond acceptors (Lipinski definition) is 7. The number of carboxylic acids is 1. The van der Waals surface area contributed by atoms with Crippen molar-refractivity contribution in [1.82, 2.24) is 9.78 Å². The van der Waals surface area contributed by atoms with E-state index < -0.39 is 17.5 Å². The molecule has 0 saturated carbocycles. The van der Waals surface area contributed by atoms with E-state index in [0.29, 0.717) is 28.3 Å². The third kappa shape index (κ3) is 5.08. The quantitative estimate of drug-likeness (QED) is 0.265. The van der Waals surface area contributed by atoms with Crippen LogP contribution in [0.25, 0.3) is 16.9 Å². The summed E-state index contributed by atoms with van der Waals surface area (Å²) in [6, 6.07) is 19.4. The molecule has 0 saturated heterocycles. The van der Waals surface area contributed by atoms with Gasteiger partial charge in [0.25, 0.3) is 5.56 Å². The van der Waals surface area contributed by atoms with E-state index in [1.165, 1.54) is 36.2 Å². The van der Waals surface area contributed by atoms with E-state index in [-0.39, 0.29) is 29.0 Å². The molecule has 38 heavy (non-hydrogen) atoms. The van der Waals surface area contributed by atoms with Crippen molar-refractivity contribution >= 4 is 23.8 Å². The summed E-state index contributed by atoms with van der Waals surface area (Å²) in [4.78, 5) is 41.7. The Balaban J connectivity index is 1.89. The molecule has 0 aliphatic heterocycles. The maximum atomic E-state index is 13.6. The number of aliphatic imine (C=N–C) groups is 1. The molecule has 0 fully saturated rings. The minimum atomic E-state index is -1.19. The number of benzene rings is 3. The summed E-state index contributed by atoms with van der Waals surface area (Å²) < 4.78 is 11.4. The van der Waals surface area contributed by atoms with Gasteiger partial charge in [0.2, 0.25) is 0 Å². The Bertz CT molecular complexity index is 1640. The molecule has 0 radical (unpaired) electrons. The van der Waals surface area contributed by atoms with Gasteiger partial charge in [-0.2, -0.15) is 5.26 Å². The first-order valence-electron chi connectivity index (χ1n) is 11.4. The van der Waals surface area contributed by atoms with Gasteiger partial charge in [-0.25, -0.2) is 14.3 Å². The van der Waals surface area contributed by atoms with E-state index in [2.05, 4.69) is 16.2 Å². The van der Waals surface area contributed by atoms with Crippen LogP contribution in [0.3, 0.4) is 0 Å². The molecular formula is C28H22N4O6. The molecule has 0 aliphatic carbocycles. The first kappa shape index (κ1) is 25.7. The van der Waals surface area contributed by atoms with E-state index in [1.54, 1.807) is 55.5 Å².